The second-order valence-corrected chi connectivity index (χ2v) is 6.19. The predicted octanol–water partition coefficient (Wildman–Crippen LogP) is 3.07. The van der Waals surface area contributed by atoms with Crippen LogP contribution in [0.25, 0.3) is 5.69 Å². The minimum Gasteiger partial charge on any atom is -0.487 e. The maximum atomic E-state index is 12.2. The predicted molar refractivity (Wildman–Crippen MR) is 96.5 cm³/mol. The van der Waals surface area contributed by atoms with E-state index in [4.69, 9.17) is 16.3 Å². The van der Waals surface area contributed by atoms with Crippen LogP contribution in [0.5, 0.6) is 5.75 Å². The molecule has 7 heteroatoms. The van der Waals surface area contributed by atoms with Crippen LogP contribution in [0.3, 0.4) is 0 Å². The summed E-state index contributed by atoms with van der Waals surface area (Å²) < 4.78 is 8.44. The third-order valence-electron chi connectivity index (χ3n) is 4.04. The normalized spacial score (nSPS) is 10.9. The van der Waals surface area contributed by atoms with Crippen molar-refractivity contribution in [3.63, 3.8) is 0 Å². The summed E-state index contributed by atoms with van der Waals surface area (Å²) in [6, 6.07) is 11.4. The van der Waals surface area contributed by atoms with Crippen LogP contribution in [0.15, 0.2) is 41.2 Å². The fourth-order valence-corrected chi connectivity index (χ4v) is 2.83. The molecule has 0 spiro atoms. The molecule has 25 heavy (non-hydrogen) atoms. The number of tetrazole rings is 1. The minimum atomic E-state index is -0.303. The Labute approximate surface area is 150 Å². The number of rotatable bonds is 5. The fraction of sp³-hybridized carbons (Fsp3) is 0.278. The van der Waals surface area contributed by atoms with Crippen molar-refractivity contribution < 1.29 is 4.74 Å². The number of ether oxygens (including phenoxy) is 1. The number of halogens is 1. The number of nitrogens with zero attached hydrogens (tertiary/aromatic N) is 4. The average molecular weight is 359 g/mol. The highest BCUT2D eigenvalue weighted by Crippen LogP contribution is 2.27. The third-order valence-corrected chi connectivity index (χ3v) is 4.35. The van der Waals surface area contributed by atoms with E-state index in [1.165, 1.54) is 9.36 Å². The Morgan fingerprint density at radius 3 is 2.68 bits per heavy atom. The van der Waals surface area contributed by atoms with Gasteiger partial charge in [0.25, 0.3) is 0 Å². The number of aryl methyl sites for hydroxylation is 3. The van der Waals surface area contributed by atoms with Crippen LogP contribution >= 0.6 is 11.6 Å². The Kier molecular flexibility index (Phi) is 4.90. The van der Waals surface area contributed by atoms with Crippen molar-refractivity contribution >= 4 is 11.6 Å². The van der Waals surface area contributed by atoms with Crippen molar-refractivity contribution in [3.05, 3.63) is 68.6 Å². The lowest BCUT2D eigenvalue weighted by Crippen LogP contribution is -2.23. The van der Waals surface area contributed by atoms with Crippen LogP contribution in [-0.2, 0) is 20.1 Å². The largest absolute Gasteiger partial charge is 0.487 e. The Morgan fingerprint density at radius 1 is 1.20 bits per heavy atom. The molecule has 0 N–H and O–H groups in total. The monoisotopic (exact) mass is 358 g/mol. The van der Waals surface area contributed by atoms with Gasteiger partial charge >= 0.3 is 5.69 Å². The highest BCUT2D eigenvalue weighted by atomic mass is 35.5. The second kappa shape index (κ2) is 7.11. The van der Waals surface area contributed by atoms with Crippen LogP contribution in [0.2, 0.25) is 5.02 Å². The molecule has 0 amide bonds. The number of aromatic nitrogens is 4. The molecular formula is C18H19ClN4O2. The first-order chi connectivity index (χ1) is 12.0. The molecule has 6 nitrogen and oxygen atoms in total. The van der Waals surface area contributed by atoms with Gasteiger partial charge in [0.15, 0.2) is 0 Å². The molecule has 0 saturated carbocycles. The third kappa shape index (κ3) is 3.44. The Balaban J connectivity index is 2.01. The van der Waals surface area contributed by atoms with E-state index in [-0.39, 0.29) is 12.3 Å². The van der Waals surface area contributed by atoms with E-state index >= 15 is 0 Å². The van der Waals surface area contributed by atoms with E-state index in [1.807, 2.05) is 43.3 Å². The summed E-state index contributed by atoms with van der Waals surface area (Å²) in [7, 11) is 1.57. The highest BCUT2D eigenvalue weighted by Gasteiger charge is 2.15. The molecule has 0 aliphatic rings. The molecule has 0 saturated heterocycles. The topological polar surface area (TPSA) is 61.9 Å². The minimum absolute atomic E-state index is 0.283. The zero-order valence-electron chi connectivity index (χ0n) is 14.4. The maximum absolute atomic E-state index is 12.2. The molecule has 2 aromatic carbocycles. The first-order valence-electron chi connectivity index (χ1n) is 8.00. The van der Waals surface area contributed by atoms with Crippen molar-refractivity contribution in [1.82, 2.24) is 19.8 Å². The smallest absolute Gasteiger partial charge is 0.368 e. The van der Waals surface area contributed by atoms with Gasteiger partial charge < -0.3 is 4.74 Å². The summed E-state index contributed by atoms with van der Waals surface area (Å²) in [6.45, 7) is 4.32. The van der Waals surface area contributed by atoms with Crippen LogP contribution in [0.1, 0.15) is 23.6 Å². The summed E-state index contributed by atoms with van der Waals surface area (Å²) in [6.07, 6.45) is 0.809. The van der Waals surface area contributed by atoms with Crippen LogP contribution in [-0.4, -0.2) is 19.8 Å². The molecule has 0 unspecified atom stereocenters. The van der Waals surface area contributed by atoms with Gasteiger partial charge in [0.05, 0.1) is 10.7 Å². The van der Waals surface area contributed by atoms with Gasteiger partial charge in [-0.25, -0.2) is 4.79 Å². The molecular weight excluding hydrogens is 340 g/mol. The van der Waals surface area contributed by atoms with Gasteiger partial charge in [-0.15, -0.1) is 0 Å². The summed E-state index contributed by atoms with van der Waals surface area (Å²) in [5, 5.41) is 8.29. The van der Waals surface area contributed by atoms with Gasteiger partial charge in [0, 0.05) is 12.6 Å². The van der Waals surface area contributed by atoms with Gasteiger partial charge in [-0.05, 0) is 53.1 Å². The Hall–Kier alpha value is -2.60. The Morgan fingerprint density at radius 2 is 2.00 bits per heavy atom. The fourth-order valence-electron chi connectivity index (χ4n) is 2.65. The standard InChI is InChI=1S/C18H19ClN4O2/c1-4-13-6-5-7-16(23-18(24)22(3)20-21-23)14(13)11-25-17-10-12(2)8-9-15(17)19/h5-10H,4,11H2,1-3H3. The van der Waals surface area contributed by atoms with Crippen LogP contribution < -0.4 is 10.4 Å². The molecule has 0 bridgehead atoms. The molecule has 0 aliphatic carbocycles. The van der Waals surface area contributed by atoms with E-state index in [9.17, 15) is 4.79 Å². The van der Waals surface area contributed by atoms with Gasteiger partial charge in [0.2, 0.25) is 0 Å². The number of hydrogen-bond acceptors (Lipinski definition) is 4. The lowest BCUT2D eigenvalue weighted by atomic mass is 10.0. The van der Waals surface area contributed by atoms with Gasteiger partial charge in [-0.2, -0.15) is 9.36 Å². The quantitative estimate of drug-likeness (QED) is 0.703. The Bertz CT molecular complexity index is 962. The van der Waals surface area contributed by atoms with E-state index in [2.05, 4.69) is 17.4 Å². The molecule has 3 rings (SSSR count). The zero-order valence-corrected chi connectivity index (χ0v) is 15.1. The van der Waals surface area contributed by atoms with E-state index < -0.39 is 0 Å². The molecule has 130 valence electrons. The average Bonchev–Trinajstić information content (AvgIpc) is 2.94. The van der Waals surface area contributed by atoms with Gasteiger partial charge in [-0.1, -0.05) is 36.7 Å². The summed E-state index contributed by atoms with van der Waals surface area (Å²) >= 11 is 6.22. The molecule has 1 aromatic heterocycles. The second-order valence-electron chi connectivity index (χ2n) is 5.79. The van der Waals surface area contributed by atoms with E-state index in [0.717, 1.165) is 23.1 Å². The molecule has 0 atom stereocenters. The molecule has 0 fully saturated rings. The maximum Gasteiger partial charge on any atom is 0.368 e. The zero-order chi connectivity index (χ0) is 18.0. The van der Waals surface area contributed by atoms with Crippen molar-refractivity contribution in [3.8, 4) is 11.4 Å². The summed E-state index contributed by atoms with van der Waals surface area (Å²) in [4.78, 5) is 12.2. The van der Waals surface area contributed by atoms with Crippen molar-refractivity contribution in [2.45, 2.75) is 26.9 Å². The number of hydrogen-bond donors (Lipinski definition) is 0. The summed E-state index contributed by atoms with van der Waals surface area (Å²) in [5.41, 5.74) is 3.40. The SMILES string of the molecule is CCc1cccc(-n2nnn(C)c2=O)c1COc1cc(C)ccc1Cl. The van der Waals surface area contributed by atoms with E-state index in [1.54, 1.807) is 7.05 Å². The molecule has 0 radical (unpaired) electrons. The van der Waals surface area contributed by atoms with Crippen LogP contribution in [0.4, 0.5) is 0 Å². The van der Waals surface area contributed by atoms with Gasteiger partial charge in [-0.3, -0.25) is 0 Å². The number of benzene rings is 2. The van der Waals surface area contributed by atoms with Crippen molar-refractivity contribution in [1.29, 1.82) is 0 Å². The van der Waals surface area contributed by atoms with Crippen molar-refractivity contribution in [2.24, 2.45) is 7.05 Å². The van der Waals surface area contributed by atoms with Gasteiger partial charge in [0.1, 0.15) is 12.4 Å². The summed E-state index contributed by atoms with van der Waals surface area (Å²) in [5.74, 6) is 0.616. The molecule has 1 heterocycles. The molecule has 3 aromatic rings. The lowest BCUT2D eigenvalue weighted by molar-refractivity contribution is 0.304. The lowest BCUT2D eigenvalue weighted by Gasteiger charge is -2.15. The van der Waals surface area contributed by atoms with Crippen LogP contribution in [0, 0.1) is 6.92 Å². The van der Waals surface area contributed by atoms with Crippen molar-refractivity contribution in [2.75, 3.05) is 0 Å². The first kappa shape index (κ1) is 17.2. The van der Waals surface area contributed by atoms with E-state index in [0.29, 0.717) is 16.5 Å². The molecule has 0 aliphatic heterocycles. The first-order valence-corrected chi connectivity index (χ1v) is 8.38. The highest BCUT2D eigenvalue weighted by molar-refractivity contribution is 6.32.